The summed E-state index contributed by atoms with van der Waals surface area (Å²) < 4.78 is 18.2. The van der Waals surface area contributed by atoms with Crippen molar-refractivity contribution in [1.29, 1.82) is 0 Å². The lowest BCUT2D eigenvalue weighted by molar-refractivity contribution is -0.178. The van der Waals surface area contributed by atoms with E-state index in [-0.39, 0.29) is 67.5 Å². The Morgan fingerprint density at radius 1 is 0.579 bits per heavy atom. The molecule has 0 spiro atoms. The van der Waals surface area contributed by atoms with Gasteiger partial charge >= 0.3 is 13.1 Å². The van der Waals surface area contributed by atoms with Gasteiger partial charge in [-0.2, -0.15) is 0 Å². The molecule has 3 unspecified atom stereocenters. The number of aliphatic hydroxyl groups is 1. The Labute approximate surface area is 679 Å². The van der Waals surface area contributed by atoms with E-state index in [2.05, 4.69) is 38.9 Å². The molecule has 2 aromatic heterocycles. The van der Waals surface area contributed by atoms with Crippen LogP contribution in [0.25, 0.3) is 11.3 Å². The fraction of sp³-hybridized carbons (Fsp3) is 0.670. The Bertz CT molecular complexity index is 3900. The van der Waals surface area contributed by atoms with E-state index < -0.39 is 132 Å². The molecule has 5 aliphatic heterocycles. The molecule has 5 fully saturated rings. The fourth-order valence-corrected chi connectivity index (χ4v) is 16.6. The van der Waals surface area contributed by atoms with E-state index >= 15 is 28.8 Å². The van der Waals surface area contributed by atoms with E-state index in [0.717, 1.165) is 72.6 Å². The molecule has 0 bridgehead atoms. The molecule has 2 aromatic carbocycles. The van der Waals surface area contributed by atoms with Gasteiger partial charge in [0, 0.05) is 116 Å². The summed E-state index contributed by atoms with van der Waals surface area (Å²) in [6, 6.07) is 9.11. The summed E-state index contributed by atoms with van der Waals surface area (Å²) in [6.07, 6.45) is 11.4. The van der Waals surface area contributed by atoms with Gasteiger partial charge < -0.3 is 58.8 Å². The zero-order valence-corrected chi connectivity index (χ0v) is 72.3. The van der Waals surface area contributed by atoms with Crippen LogP contribution in [0.15, 0.2) is 79.4 Å². The molecule has 626 valence electrons. The molecule has 26 heteroatoms. The first-order valence-corrected chi connectivity index (χ1v) is 41.9. The first kappa shape index (κ1) is 91.3. The van der Waals surface area contributed by atoms with E-state index in [1.807, 2.05) is 137 Å². The second-order valence-electron chi connectivity index (χ2n) is 36.0. The molecule has 11 atom stereocenters. The Balaban J connectivity index is 0.000000628. The lowest BCUT2D eigenvalue weighted by Gasteiger charge is -2.39. The number of ether oxygens (including phenoxy) is 1. The number of aromatic nitrogens is 4. The summed E-state index contributed by atoms with van der Waals surface area (Å²) in [4.78, 5) is 167. The molecule has 6 amide bonds. The highest BCUT2D eigenvalue weighted by atomic mass is 16.7. The number of esters is 1. The van der Waals surface area contributed by atoms with Crippen LogP contribution in [0, 0.1) is 53.3 Å². The van der Waals surface area contributed by atoms with Crippen LogP contribution in [0.1, 0.15) is 206 Å². The van der Waals surface area contributed by atoms with E-state index in [1.165, 1.54) is 67.4 Å². The number of rotatable bonds is 17. The molecular weight excluding hydrogens is 1440 g/mol. The molecule has 7 heterocycles. The van der Waals surface area contributed by atoms with Crippen LogP contribution < -0.4 is 20.7 Å². The van der Waals surface area contributed by atoms with E-state index in [1.54, 1.807) is 46.4 Å². The summed E-state index contributed by atoms with van der Waals surface area (Å²) in [5.41, 5.74) is 0.798. The number of likely N-dealkylation sites (N-methyl/N-ethyl adjacent to an activating group) is 4. The molecule has 9 rings (SSSR count). The Morgan fingerprint density at radius 2 is 1.13 bits per heavy atom. The van der Waals surface area contributed by atoms with Crippen LogP contribution in [0.3, 0.4) is 0 Å². The largest absolute Gasteiger partial charge is 0.516 e. The monoisotopic (exact) mass is 1580 g/mol. The SMILES string of the molecule is CC1CCN(c2cnc(B3OC(C)(C)C(C)(C)O3)cn2)CC1.CCC(C)[C@@H]1CC(=O)[C@@H]2CCCN2C(=O)[C@H](Cc2cccc(-c3cnc(N4CCC(C)CC4)cn3)c2)N(C)C(=O)[C@H](Cc2ccccc2)NC(=O)[C@H](C(C)C)N(C)C(=O)[C@@H](C(C)CC)OC(=O)[C@H](C(C)(C)O)N(C)C(=O)C(CC(C)C)CC(=O)[C@H](C(C)C)N(C)C1=O. The number of hydrogen-bond donors (Lipinski definition) is 2. The number of carbonyl (C=O) groups is 9. The van der Waals surface area contributed by atoms with Crippen LogP contribution in [0.4, 0.5) is 11.6 Å². The van der Waals surface area contributed by atoms with Crippen molar-refractivity contribution in [2.45, 2.75) is 267 Å². The van der Waals surface area contributed by atoms with E-state index in [4.69, 9.17) is 24.0 Å². The van der Waals surface area contributed by atoms with Gasteiger partial charge in [-0.3, -0.25) is 48.3 Å². The number of amides is 6. The average Bonchev–Trinajstić information content (AvgIpc) is 1.60. The Hall–Kier alpha value is -8.23. The zero-order valence-electron chi connectivity index (χ0n) is 72.3. The maximum Gasteiger partial charge on any atom is 0.516 e. The molecule has 0 radical (unpaired) electrons. The minimum atomic E-state index is -1.95. The van der Waals surface area contributed by atoms with Gasteiger partial charge in [0.25, 0.3) is 5.91 Å². The third-order valence-corrected chi connectivity index (χ3v) is 24.9. The minimum absolute atomic E-state index is 0.0193. The van der Waals surface area contributed by atoms with Crippen LogP contribution in [-0.2, 0) is 70.0 Å². The smallest absolute Gasteiger partial charge is 0.450 e. The van der Waals surface area contributed by atoms with Crippen molar-refractivity contribution in [2.75, 3.05) is 70.7 Å². The first-order chi connectivity index (χ1) is 53.6. The second-order valence-corrected chi connectivity index (χ2v) is 36.0. The topological polar surface area (TPSA) is 288 Å². The molecule has 25 nitrogen and oxygen atoms in total. The molecule has 114 heavy (non-hydrogen) atoms. The zero-order chi connectivity index (χ0) is 84.2. The maximum absolute atomic E-state index is 15.9. The summed E-state index contributed by atoms with van der Waals surface area (Å²) >= 11 is 0. The summed E-state index contributed by atoms with van der Waals surface area (Å²) in [5.74, 6) is -6.37. The van der Waals surface area contributed by atoms with Crippen molar-refractivity contribution in [3.8, 4) is 11.3 Å². The van der Waals surface area contributed by atoms with Crippen molar-refractivity contribution in [1.82, 2.24) is 49.8 Å². The predicted octanol–water partition coefficient (Wildman–Crippen LogP) is 10.3. The summed E-state index contributed by atoms with van der Waals surface area (Å²) in [6.45, 7) is 37.8. The number of cyclic esters (lactones) is 1. The number of nitrogens with zero attached hydrogens (tertiary/aromatic N) is 11. The number of piperidine rings is 2. The van der Waals surface area contributed by atoms with Gasteiger partial charge in [-0.15, -0.1) is 0 Å². The highest BCUT2D eigenvalue weighted by Crippen LogP contribution is 2.38. The van der Waals surface area contributed by atoms with Crippen LogP contribution in [0.5, 0.6) is 0 Å². The van der Waals surface area contributed by atoms with E-state index in [0.29, 0.717) is 48.4 Å². The summed E-state index contributed by atoms with van der Waals surface area (Å²) in [5, 5.41) is 14.8. The van der Waals surface area contributed by atoms with Crippen molar-refractivity contribution in [2.24, 2.45) is 53.3 Å². The Morgan fingerprint density at radius 3 is 1.65 bits per heavy atom. The van der Waals surface area contributed by atoms with Crippen molar-refractivity contribution >= 4 is 77.3 Å². The number of Topliss-reactive ketones (excluding diaryl/α,β-unsaturated/α-hetero) is 2. The lowest BCUT2D eigenvalue weighted by atomic mass is 9.82. The highest BCUT2D eigenvalue weighted by Gasteiger charge is 2.53. The van der Waals surface area contributed by atoms with Gasteiger partial charge in [0.2, 0.25) is 29.5 Å². The minimum Gasteiger partial charge on any atom is -0.450 e. The molecule has 0 aliphatic carbocycles. The Kier molecular flexibility index (Phi) is 31.7. The van der Waals surface area contributed by atoms with Crippen LogP contribution >= 0.6 is 0 Å². The predicted molar refractivity (Wildman–Crippen MR) is 444 cm³/mol. The summed E-state index contributed by atoms with van der Waals surface area (Å²) in [7, 11) is 5.41. The molecule has 2 N–H and O–H groups in total. The number of fused-ring (bicyclic) bond motifs is 1. The second kappa shape index (κ2) is 39.6. The third-order valence-electron chi connectivity index (χ3n) is 24.9. The van der Waals surface area contributed by atoms with Crippen molar-refractivity contribution < 1.29 is 62.3 Å². The normalized spacial score (nSPS) is 25.6. The van der Waals surface area contributed by atoms with E-state index in [9.17, 15) is 19.5 Å². The van der Waals surface area contributed by atoms with Gasteiger partial charge in [0.05, 0.1) is 58.8 Å². The van der Waals surface area contributed by atoms with Crippen molar-refractivity contribution in [3.63, 3.8) is 0 Å². The van der Waals surface area contributed by atoms with Gasteiger partial charge in [0.1, 0.15) is 29.8 Å². The molecule has 4 aromatic rings. The number of carbonyl (C=O) groups excluding carboxylic acids is 9. The third kappa shape index (κ3) is 22.5. The molecule has 5 aliphatic rings. The first-order valence-electron chi connectivity index (χ1n) is 41.9. The quantitative estimate of drug-likeness (QED) is 0.0734. The number of anilines is 2. The molecule has 0 saturated carbocycles. The average molecular weight is 1580 g/mol. The number of nitrogens with one attached hydrogen (secondary N) is 1. The fourth-order valence-electron chi connectivity index (χ4n) is 16.6. The number of ketones is 2. The van der Waals surface area contributed by atoms with Crippen molar-refractivity contribution in [3.05, 3.63) is 90.5 Å². The van der Waals surface area contributed by atoms with Crippen LogP contribution in [-0.4, -0.2) is 230 Å². The van der Waals surface area contributed by atoms with Gasteiger partial charge in [0.15, 0.2) is 23.7 Å². The number of benzene rings is 2. The highest BCUT2D eigenvalue weighted by molar-refractivity contribution is 6.61. The maximum atomic E-state index is 15.9. The molecule has 5 saturated heterocycles. The van der Waals surface area contributed by atoms with Gasteiger partial charge in [-0.1, -0.05) is 138 Å². The standard InChI is InChI=1S/C72H107N9O11.C16H26BN3O2/c1-18-47(10)53-40-58(82)56-29-24-32-81(56)69(88)57(38-50-27-23-28-51(36-50)55-41-74-60(42-73-55)80-33-30-46(9)31-34-80)76(14)68(87)54(37-49-25-21-20-22-26-49)75-65(84)62(45(7)8)78(16)70(89)63(48(11)19-2)92-71(90)64(72(12,13)91)79(17)66(85)52(35-43(3)4)39-59(83)61(44(5)6)77(15)67(53)86;1-12-6-8-20(9-7-12)14-11-18-13(10-19-14)17-21-15(2,3)16(4,5)22-17/h20-23,25-28,36,41-48,52-54,56-57,61-64,91H,18-19,24,29-35,37-40H2,1-17H3,(H,75,84);10-12H,6-9H2,1-5H3/t47?,48?,52?,53-,54-,56-,57-,61-,62-,63+,64+;/m0./s1. The number of hydrogen-bond acceptors (Lipinski definition) is 19. The van der Waals surface area contributed by atoms with Crippen LogP contribution in [0.2, 0.25) is 0 Å². The molecular formula is C88H133BN12O13. The lowest BCUT2D eigenvalue weighted by Crippen LogP contribution is -2.61. The van der Waals surface area contributed by atoms with Gasteiger partial charge in [-0.05, 0) is 146 Å². The van der Waals surface area contributed by atoms with Gasteiger partial charge in [-0.25, -0.2) is 14.8 Å².